The van der Waals surface area contributed by atoms with Gasteiger partial charge >= 0.3 is 6.18 Å². The van der Waals surface area contributed by atoms with Gasteiger partial charge in [0.15, 0.2) is 5.72 Å². The molecule has 1 aromatic heterocycles. The number of alkyl halides is 3. The number of nitrogens with zero attached hydrogens (tertiary/aromatic N) is 2. The number of piperidine rings is 1. The van der Waals surface area contributed by atoms with Crippen LogP contribution in [0.15, 0.2) is 24.3 Å². The van der Waals surface area contributed by atoms with E-state index in [1.807, 2.05) is 0 Å². The van der Waals surface area contributed by atoms with E-state index in [1.165, 1.54) is 12.1 Å². The number of aromatic nitrogens is 2. The van der Waals surface area contributed by atoms with Crippen LogP contribution in [0.5, 0.6) is 11.8 Å². The van der Waals surface area contributed by atoms with Gasteiger partial charge < -0.3 is 9.47 Å². The molecule has 1 aromatic carbocycles. The molecule has 2 unspecified atom stereocenters. The Morgan fingerprint density at radius 3 is 2.50 bits per heavy atom. The number of fused-ring (bicyclic) bond motifs is 2. The summed E-state index contributed by atoms with van der Waals surface area (Å²) >= 11 is 0.987. The van der Waals surface area contributed by atoms with Crippen LogP contribution < -0.4 is 14.8 Å². The van der Waals surface area contributed by atoms with E-state index in [2.05, 4.69) is 14.1 Å². The fraction of sp³-hybridized carbons (Fsp3) is 0.500. The van der Waals surface area contributed by atoms with Crippen LogP contribution in [0, 0.1) is 5.92 Å². The molecule has 2 bridgehead atoms. The van der Waals surface area contributed by atoms with Crippen LogP contribution in [0.2, 0.25) is 0 Å². The lowest BCUT2D eigenvalue weighted by Crippen LogP contribution is -2.45. The zero-order valence-corrected chi connectivity index (χ0v) is 15.2. The quantitative estimate of drug-likeness (QED) is 0.810. The minimum absolute atomic E-state index is 0. The van der Waals surface area contributed by atoms with Gasteiger partial charge in [0.2, 0.25) is 0 Å². The molecule has 1 saturated heterocycles. The van der Waals surface area contributed by atoms with E-state index in [-0.39, 0.29) is 30.6 Å². The highest BCUT2D eigenvalue weighted by Crippen LogP contribution is 2.42. The Bertz CT molecular complexity index is 746. The van der Waals surface area contributed by atoms with E-state index < -0.39 is 11.7 Å². The Kier molecular flexibility index (Phi) is 5.32. The van der Waals surface area contributed by atoms with E-state index in [1.54, 1.807) is 0 Å². The highest BCUT2D eigenvalue weighted by atomic mass is 35.5. The van der Waals surface area contributed by atoms with Gasteiger partial charge in [0.05, 0.1) is 17.3 Å². The number of hydrogen-bond acceptors (Lipinski definition) is 6. The van der Waals surface area contributed by atoms with Gasteiger partial charge in [-0.15, -0.1) is 21.2 Å². The normalized spacial score (nSPS) is 24.3. The van der Waals surface area contributed by atoms with E-state index in [9.17, 15) is 13.2 Å². The van der Waals surface area contributed by atoms with Crippen molar-refractivity contribution in [3.05, 3.63) is 35.4 Å². The molecular formula is C16H17ClF3N3O2S. The first-order valence-corrected chi connectivity index (χ1v) is 8.72. The molecule has 0 radical (unpaired) electrons. The summed E-state index contributed by atoms with van der Waals surface area (Å²) in [6, 6.07) is 4.86. The molecule has 142 valence electrons. The van der Waals surface area contributed by atoms with E-state index in [0.29, 0.717) is 17.4 Å². The van der Waals surface area contributed by atoms with E-state index >= 15 is 0 Å². The second-order valence-corrected chi connectivity index (χ2v) is 6.97. The molecule has 2 fully saturated rings. The summed E-state index contributed by atoms with van der Waals surface area (Å²) in [5.74, 6) is 1.26. The van der Waals surface area contributed by atoms with Crippen molar-refractivity contribution in [2.45, 2.75) is 37.8 Å². The SMILES string of the molecule is Cl.FC(F)(F)c1ccc(COc2nsnc2OC23CCC(CN2)C3)cc1. The highest BCUT2D eigenvalue weighted by Gasteiger charge is 2.47. The number of halogens is 4. The smallest absolute Gasteiger partial charge is 0.416 e. The molecular weight excluding hydrogens is 391 g/mol. The molecule has 2 aromatic rings. The Hall–Kier alpha value is -1.58. The maximum atomic E-state index is 12.6. The van der Waals surface area contributed by atoms with Crippen molar-refractivity contribution in [2.75, 3.05) is 6.54 Å². The van der Waals surface area contributed by atoms with Crippen molar-refractivity contribution in [3.8, 4) is 11.8 Å². The molecule has 2 atom stereocenters. The minimum atomic E-state index is -4.34. The Morgan fingerprint density at radius 2 is 1.92 bits per heavy atom. The van der Waals surface area contributed by atoms with Crippen molar-refractivity contribution in [1.29, 1.82) is 0 Å². The second kappa shape index (κ2) is 7.21. The maximum Gasteiger partial charge on any atom is 0.416 e. The van der Waals surface area contributed by atoms with Crippen molar-refractivity contribution >= 4 is 24.1 Å². The third-order valence-electron chi connectivity index (χ3n) is 4.67. The van der Waals surface area contributed by atoms with Crippen LogP contribution in [0.25, 0.3) is 0 Å². The van der Waals surface area contributed by atoms with E-state index in [0.717, 1.165) is 49.7 Å². The van der Waals surface area contributed by atoms with Gasteiger partial charge in [0.1, 0.15) is 6.61 Å². The summed E-state index contributed by atoms with van der Waals surface area (Å²) in [5, 5.41) is 3.38. The predicted molar refractivity (Wildman–Crippen MR) is 91.6 cm³/mol. The van der Waals surface area contributed by atoms with Crippen LogP contribution in [-0.4, -0.2) is 21.0 Å². The first-order chi connectivity index (χ1) is 11.9. The van der Waals surface area contributed by atoms with Crippen molar-refractivity contribution in [2.24, 2.45) is 5.92 Å². The first-order valence-electron chi connectivity index (χ1n) is 7.99. The van der Waals surface area contributed by atoms with Gasteiger partial charge in [-0.3, -0.25) is 5.32 Å². The van der Waals surface area contributed by atoms with Gasteiger partial charge in [0.25, 0.3) is 11.8 Å². The molecule has 2 aliphatic rings. The fourth-order valence-corrected chi connectivity index (χ4v) is 3.79. The standard InChI is InChI=1S/C16H16F3N3O2S.ClH/c17-16(18,19)12-3-1-10(2-4-12)9-23-13-14(22-25-21-13)24-15-6-5-11(7-15)8-20-15;/h1-4,11,20H,5-9H2;1H. The van der Waals surface area contributed by atoms with Crippen molar-refractivity contribution in [3.63, 3.8) is 0 Å². The molecule has 5 nitrogen and oxygen atoms in total. The number of benzene rings is 1. The predicted octanol–water partition coefficient (Wildman–Crippen LogP) is 4.04. The van der Waals surface area contributed by atoms with Crippen LogP contribution in [0.3, 0.4) is 0 Å². The Morgan fingerprint density at radius 1 is 1.19 bits per heavy atom. The topological polar surface area (TPSA) is 56.3 Å². The molecule has 26 heavy (non-hydrogen) atoms. The van der Waals surface area contributed by atoms with Crippen molar-refractivity contribution < 1.29 is 22.6 Å². The summed E-state index contributed by atoms with van der Waals surface area (Å²) in [5.41, 5.74) is -0.449. The lowest BCUT2D eigenvalue weighted by Gasteiger charge is -2.27. The van der Waals surface area contributed by atoms with Gasteiger partial charge in [-0.2, -0.15) is 13.2 Å². The Labute approximate surface area is 158 Å². The number of hydrogen-bond donors (Lipinski definition) is 1. The molecule has 2 heterocycles. The third kappa shape index (κ3) is 3.89. The molecule has 0 amide bonds. The molecule has 4 rings (SSSR count). The van der Waals surface area contributed by atoms with Crippen LogP contribution in [0.4, 0.5) is 13.2 Å². The third-order valence-corrected chi connectivity index (χ3v) is 5.16. The van der Waals surface area contributed by atoms with Gasteiger partial charge in [-0.1, -0.05) is 12.1 Å². The Balaban J connectivity index is 0.00000196. The molecule has 10 heteroatoms. The van der Waals surface area contributed by atoms with Crippen molar-refractivity contribution in [1.82, 2.24) is 14.1 Å². The highest BCUT2D eigenvalue weighted by molar-refractivity contribution is 6.99. The summed E-state index contributed by atoms with van der Waals surface area (Å²) in [6.07, 6.45) is -1.34. The number of ether oxygens (including phenoxy) is 2. The van der Waals surface area contributed by atoms with Gasteiger partial charge in [-0.05, 0) is 30.0 Å². The summed E-state index contributed by atoms with van der Waals surface area (Å²) < 4.78 is 57.6. The molecule has 1 aliphatic carbocycles. The molecule has 1 aliphatic heterocycles. The van der Waals surface area contributed by atoms with Crippen LogP contribution in [0.1, 0.15) is 30.4 Å². The van der Waals surface area contributed by atoms with Crippen LogP contribution in [-0.2, 0) is 12.8 Å². The summed E-state index contributed by atoms with van der Waals surface area (Å²) in [7, 11) is 0. The maximum absolute atomic E-state index is 12.6. The zero-order chi connectivity index (χ0) is 17.5. The summed E-state index contributed by atoms with van der Waals surface area (Å²) in [6.45, 7) is 1.04. The fourth-order valence-electron chi connectivity index (χ4n) is 3.35. The number of rotatable bonds is 5. The first kappa shape index (κ1) is 19.2. The monoisotopic (exact) mass is 407 g/mol. The van der Waals surface area contributed by atoms with Gasteiger partial charge in [0, 0.05) is 19.4 Å². The van der Waals surface area contributed by atoms with E-state index in [4.69, 9.17) is 9.47 Å². The second-order valence-electron chi connectivity index (χ2n) is 6.44. The lowest BCUT2D eigenvalue weighted by atomic mass is 10.1. The lowest BCUT2D eigenvalue weighted by molar-refractivity contribution is -0.137. The van der Waals surface area contributed by atoms with Crippen LogP contribution >= 0.6 is 24.1 Å². The van der Waals surface area contributed by atoms with Gasteiger partial charge in [-0.25, -0.2) is 0 Å². The average molecular weight is 408 g/mol. The minimum Gasteiger partial charge on any atom is -0.468 e. The average Bonchev–Trinajstić information content (AvgIpc) is 3.29. The number of nitrogens with one attached hydrogen (secondary N) is 1. The molecule has 1 N–H and O–H groups in total. The molecule has 1 saturated carbocycles. The largest absolute Gasteiger partial charge is 0.468 e. The summed E-state index contributed by atoms with van der Waals surface area (Å²) in [4.78, 5) is 0. The zero-order valence-electron chi connectivity index (χ0n) is 13.6. The molecule has 0 spiro atoms.